The quantitative estimate of drug-likeness (QED) is 0.00552. The molecule has 1 aliphatic heterocycles. The lowest BCUT2D eigenvalue weighted by Gasteiger charge is -2.26. The predicted octanol–water partition coefficient (Wildman–Crippen LogP) is 12.4. The first-order chi connectivity index (χ1) is 39.8. The molecule has 4 aromatic carbocycles. The average molecular weight is 1140 g/mol. The summed E-state index contributed by atoms with van der Waals surface area (Å²) in [6, 6.07) is 23.7. The van der Waals surface area contributed by atoms with Crippen molar-refractivity contribution < 1.29 is 66.7 Å². The van der Waals surface area contributed by atoms with Crippen LogP contribution in [0.5, 0.6) is 23.0 Å². The summed E-state index contributed by atoms with van der Waals surface area (Å²) in [7, 11) is 0. The van der Waals surface area contributed by atoms with Gasteiger partial charge in [0.05, 0.1) is 62.0 Å². The van der Waals surface area contributed by atoms with Crippen molar-refractivity contribution in [2.45, 2.75) is 113 Å². The Labute approximate surface area is 483 Å². The molecule has 0 spiro atoms. The Bertz CT molecular complexity index is 2930. The van der Waals surface area contributed by atoms with Gasteiger partial charge >= 0.3 is 35.8 Å². The van der Waals surface area contributed by atoms with Gasteiger partial charge in [-0.3, -0.25) is 24.6 Å². The largest absolute Gasteiger partial charge is 0.494 e. The molecule has 0 radical (unpaired) electrons. The predicted molar refractivity (Wildman–Crippen MR) is 313 cm³/mol. The minimum atomic E-state index is -0.440. The maximum atomic E-state index is 13.9. The van der Waals surface area contributed by atoms with Gasteiger partial charge in [0.2, 0.25) is 0 Å². The number of carbonyl (C=O) groups excluding carboxylic acids is 6. The summed E-state index contributed by atoms with van der Waals surface area (Å²) >= 11 is 1.58. The molecule has 0 aromatic heterocycles. The Balaban J connectivity index is 0.867. The lowest BCUT2D eigenvalue weighted by Crippen LogP contribution is -2.30. The van der Waals surface area contributed by atoms with Crippen molar-refractivity contribution in [1.82, 2.24) is 5.43 Å². The van der Waals surface area contributed by atoms with E-state index in [1.165, 1.54) is 6.08 Å². The lowest BCUT2D eigenvalue weighted by atomic mass is 9.82. The van der Waals surface area contributed by atoms with Crippen LogP contribution in [0.15, 0.2) is 151 Å². The van der Waals surface area contributed by atoms with E-state index in [9.17, 15) is 28.8 Å². The fraction of sp³-hybridized carbons (Fsp3) is 0.391. The van der Waals surface area contributed by atoms with Crippen molar-refractivity contribution >= 4 is 70.3 Å². The third kappa shape index (κ3) is 19.8. The van der Waals surface area contributed by atoms with E-state index < -0.39 is 47.6 Å². The monoisotopic (exact) mass is 1140 g/mol. The van der Waals surface area contributed by atoms with E-state index in [1.807, 2.05) is 30.3 Å². The molecular formula is C64H73N3O14S. The zero-order chi connectivity index (χ0) is 58.1. The number of anilines is 1. The maximum absolute atomic E-state index is 13.9. The van der Waals surface area contributed by atoms with Crippen LogP contribution in [0, 0.1) is 23.7 Å². The normalized spacial score (nSPS) is 18.3. The van der Waals surface area contributed by atoms with Gasteiger partial charge in [0.25, 0.3) is 0 Å². The molecule has 3 aliphatic rings. The summed E-state index contributed by atoms with van der Waals surface area (Å²) < 4.78 is 44.8. The second kappa shape index (κ2) is 32.4. The molecule has 1 unspecified atom stereocenters. The highest BCUT2D eigenvalue weighted by Crippen LogP contribution is 2.38. The molecule has 434 valence electrons. The van der Waals surface area contributed by atoms with Crippen LogP contribution in [-0.4, -0.2) is 74.0 Å². The van der Waals surface area contributed by atoms with Crippen molar-refractivity contribution in [2.24, 2.45) is 28.8 Å². The maximum Gasteiger partial charge on any atom is 0.330 e. The van der Waals surface area contributed by atoms with E-state index in [0.29, 0.717) is 112 Å². The van der Waals surface area contributed by atoms with E-state index in [4.69, 9.17) is 37.9 Å². The molecule has 18 heteroatoms. The van der Waals surface area contributed by atoms with Crippen LogP contribution in [0.1, 0.15) is 108 Å². The number of carbonyl (C=O) groups is 6. The number of esters is 6. The number of nitrogens with zero attached hydrogens (tertiary/aromatic N) is 1. The highest BCUT2D eigenvalue weighted by molar-refractivity contribution is 8.00. The molecule has 4 aromatic rings. The number of ether oxygens (including phenoxy) is 8. The first-order valence-electron chi connectivity index (χ1n) is 28.1. The Morgan fingerprint density at radius 3 is 1.66 bits per heavy atom. The second-order valence-corrected chi connectivity index (χ2v) is 21.4. The molecule has 0 saturated heterocycles. The summed E-state index contributed by atoms with van der Waals surface area (Å²) in [6.07, 6.45) is 17.4. The molecule has 0 bridgehead atoms. The molecule has 2 aliphatic carbocycles. The van der Waals surface area contributed by atoms with Gasteiger partial charge in [0.1, 0.15) is 34.5 Å². The van der Waals surface area contributed by atoms with Gasteiger partial charge in [0.15, 0.2) is 5.50 Å². The van der Waals surface area contributed by atoms with Crippen molar-refractivity contribution in [3.05, 3.63) is 147 Å². The van der Waals surface area contributed by atoms with Crippen molar-refractivity contribution in [3.63, 3.8) is 0 Å². The number of para-hydroxylation sites is 1. The smallest absolute Gasteiger partial charge is 0.330 e. The molecule has 82 heavy (non-hydrogen) atoms. The number of hydrazone groups is 1. The number of benzene rings is 4. The third-order valence-electron chi connectivity index (χ3n) is 14.2. The number of unbranched alkanes of at least 4 members (excludes halogenated alkanes) is 6. The fourth-order valence-corrected chi connectivity index (χ4v) is 10.5. The first-order valence-corrected chi connectivity index (χ1v) is 29.0. The highest BCUT2D eigenvalue weighted by Gasteiger charge is 2.34. The van der Waals surface area contributed by atoms with E-state index in [1.54, 1.807) is 72.6 Å². The van der Waals surface area contributed by atoms with Gasteiger partial charge in [-0.2, -0.15) is 5.10 Å². The number of fused-ring (bicyclic) bond motifs is 2. The number of hydrogen-bond acceptors (Lipinski definition) is 18. The van der Waals surface area contributed by atoms with E-state index in [2.05, 4.69) is 42.2 Å². The van der Waals surface area contributed by atoms with Crippen LogP contribution in [0.3, 0.4) is 0 Å². The van der Waals surface area contributed by atoms with Gasteiger partial charge < -0.3 is 43.2 Å². The number of rotatable bonds is 31. The zero-order valence-corrected chi connectivity index (χ0v) is 47.1. The van der Waals surface area contributed by atoms with E-state index in [-0.39, 0.29) is 23.1 Å². The van der Waals surface area contributed by atoms with Gasteiger partial charge in [-0.05, 0) is 186 Å². The van der Waals surface area contributed by atoms with Gasteiger partial charge in [-0.1, -0.05) is 56.3 Å². The van der Waals surface area contributed by atoms with Gasteiger partial charge in [-0.15, -0.1) is 0 Å². The van der Waals surface area contributed by atoms with Gasteiger partial charge in [-0.25, -0.2) is 9.59 Å². The number of nitrogens with one attached hydrogen (secondary N) is 2. The van der Waals surface area contributed by atoms with Crippen LogP contribution in [-0.2, 0) is 47.7 Å². The van der Waals surface area contributed by atoms with Crippen LogP contribution in [0.4, 0.5) is 5.69 Å². The van der Waals surface area contributed by atoms with Crippen LogP contribution >= 0.6 is 11.8 Å². The Morgan fingerprint density at radius 2 is 1.06 bits per heavy atom. The van der Waals surface area contributed by atoms with E-state index >= 15 is 0 Å². The topological polar surface area (TPSA) is 213 Å². The second-order valence-electron chi connectivity index (χ2n) is 20.2. The van der Waals surface area contributed by atoms with Crippen LogP contribution in [0.2, 0.25) is 0 Å². The van der Waals surface area contributed by atoms with E-state index in [0.717, 1.165) is 84.9 Å². The molecule has 7 rings (SSSR count). The Hall–Kier alpha value is -8.12. The van der Waals surface area contributed by atoms with Gasteiger partial charge in [0, 0.05) is 22.6 Å². The average Bonchev–Trinajstić information content (AvgIpc) is 3.95. The Morgan fingerprint density at radius 1 is 0.549 bits per heavy atom. The van der Waals surface area contributed by atoms with Crippen molar-refractivity contribution in [2.75, 3.05) is 31.7 Å². The van der Waals surface area contributed by atoms with Crippen LogP contribution < -0.4 is 29.7 Å². The number of hydrogen-bond donors (Lipinski definition) is 2. The third-order valence-corrected chi connectivity index (χ3v) is 15.2. The minimum absolute atomic E-state index is 0.155. The molecule has 2 N–H and O–H groups in total. The molecular weight excluding hydrogens is 1070 g/mol. The molecule has 2 saturated carbocycles. The molecule has 2 fully saturated rings. The first kappa shape index (κ1) is 61.5. The summed E-state index contributed by atoms with van der Waals surface area (Å²) in [4.78, 5) is 77.0. The summed E-state index contributed by atoms with van der Waals surface area (Å²) in [5.74, 6) is -1.74. The molecule has 17 nitrogen and oxygen atoms in total. The lowest BCUT2D eigenvalue weighted by molar-refractivity contribution is -0.148. The fourth-order valence-electron chi connectivity index (χ4n) is 9.52. The Kier molecular flexibility index (Phi) is 24.3. The molecule has 1 atom stereocenters. The highest BCUT2D eigenvalue weighted by atomic mass is 32.2. The molecule has 0 amide bonds. The summed E-state index contributed by atoms with van der Waals surface area (Å²) in [5.41, 5.74) is 4.41. The van der Waals surface area contributed by atoms with Crippen molar-refractivity contribution in [3.8, 4) is 23.0 Å². The van der Waals surface area contributed by atoms with Crippen LogP contribution in [0.25, 0.3) is 10.8 Å². The summed E-state index contributed by atoms with van der Waals surface area (Å²) in [5, 5.41) is 9.38. The SMILES string of the molecule is C=CC(=O)OCCCCCCOC(=C)/C=C\C(=C)OC(=O)C1CCC(C(=O)Oc2ccc3cc(OC(=O)C4CCC(C(=O)Oc5ccc(OCCCCCCOC(=O)C=C)cc5)CC4)c(/C=N/NC4Nc5ccccc5S4)cc3c2)CC1. The summed E-state index contributed by atoms with van der Waals surface area (Å²) in [6.45, 7) is 16.2. The number of thioether (sulfide) groups is 1. The standard InChI is InChI=1S/C64H73N3O14S/c1-5-58(68)76-37-15-9-7-13-35-74-43(3)19-20-44(4)78-60(70)45-21-23-47(24-22-45)62(72)80-54-30-29-49-41-56(51(39-50(49)40-54)42-65-67-64-66-55-17-11-12-18-57(55)82-64)81-63(73)48-27-25-46(26-28-48)61(71)79-53-33-31-52(32-34-53)75-36-14-8-10-16-38-77-59(69)6-2/h5-6,11-12,17-20,29-34,39-42,45-48,64,66-67H,1-4,7-10,13-16,21-28,35-38H2/b20-19-,65-42+. The zero-order valence-electron chi connectivity index (χ0n) is 46.3. The number of allylic oxidation sites excluding steroid dienone is 2. The molecule has 1 heterocycles. The minimum Gasteiger partial charge on any atom is -0.494 e. The van der Waals surface area contributed by atoms with Crippen molar-refractivity contribution in [1.29, 1.82) is 0 Å².